The molecule has 0 saturated carbocycles. The van der Waals surface area contributed by atoms with Gasteiger partial charge in [-0.05, 0) is 6.07 Å². The first-order chi connectivity index (χ1) is 4.72. The fraction of sp³-hybridized carbons (Fsp3) is 0. The van der Waals surface area contributed by atoms with E-state index in [0.29, 0.717) is 0 Å². The number of carboxylic acids is 1. The first-order valence-corrected chi connectivity index (χ1v) is 2.71. The van der Waals surface area contributed by atoms with Crippen LogP contribution in [-0.4, -0.2) is 11.1 Å². The number of carbonyl (C=O) groups is 1. The fourth-order valence-corrected chi connectivity index (χ4v) is 0.643. The van der Waals surface area contributed by atoms with Crippen molar-refractivity contribution < 1.29 is 86.5 Å². The SMILES string of the molecule is O=C(O)c1ccccc1[O-].[Cl-].[Na+].[Na+]. The van der Waals surface area contributed by atoms with Gasteiger partial charge in [-0.1, -0.05) is 23.9 Å². The summed E-state index contributed by atoms with van der Waals surface area (Å²) in [6, 6.07) is 5.54. The molecular formula is C7H5ClNa2O3. The first kappa shape index (κ1) is 19.4. The van der Waals surface area contributed by atoms with Crippen LogP contribution in [0.5, 0.6) is 5.75 Å². The van der Waals surface area contributed by atoms with Gasteiger partial charge in [0.05, 0.1) is 5.56 Å². The molecule has 0 aliphatic rings. The minimum Gasteiger partial charge on any atom is -1.00 e. The Bertz CT molecular complexity index is 268. The maximum absolute atomic E-state index is 10.7. The molecule has 0 saturated heterocycles. The van der Waals surface area contributed by atoms with Crippen LogP contribution in [0.3, 0.4) is 0 Å². The number of hydrogen-bond acceptors (Lipinski definition) is 2. The molecule has 0 bridgehead atoms. The van der Waals surface area contributed by atoms with E-state index < -0.39 is 11.7 Å². The second-order valence-electron chi connectivity index (χ2n) is 1.80. The maximum atomic E-state index is 10.7. The Morgan fingerprint density at radius 1 is 1.23 bits per heavy atom. The third-order valence-corrected chi connectivity index (χ3v) is 1.12. The Balaban J connectivity index is -0.000000333. The smallest absolute Gasteiger partial charge is 1.00 e. The average Bonchev–Trinajstić information content (AvgIpc) is 1.88. The number of rotatable bonds is 1. The summed E-state index contributed by atoms with van der Waals surface area (Å²) in [5.74, 6) is -1.62. The van der Waals surface area contributed by atoms with Gasteiger partial charge in [-0.3, -0.25) is 0 Å². The van der Waals surface area contributed by atoms with Gasteiger partial charge in [0.2, 0.25) is 0 Å². The van der Waals surface area contributed by atoms with Crippen LogP contribution in [0.4, 0.5) is 0 Å². The minimum atomic E-state index is -1.18. The van der Waals surface area contributed by atoms with E-state index in [0.717, 1.165) is 0 Å². The molecule has 0 fully saturated rings. The molecule has 0 spiro atoms. The van der Waals surface area contributed by atoms with Crippen molar-refractivity contribution in [1.29, 1.82) is 0 Å². The molecule has 1 rings (SSSR count). The van der Waals surface area contributed by atoms with E-state index in [1.165, 1.54) is 24.3 Å². The predicted octanol–water partition coefficient (Wildman–Crippen LogP) is -8.53. The van der Waals surface area contributed by atoms with Gasteiger partial charge in [0.15, 0.2) is 0 Å². The zero-order valence-corrected chi connectivity index (χ0v) is 12.2. The molecule has 1 aromatic carbocycles. The monoisotopic (exact) mass is 218 g/mol. The molecule has 6 heteroatoms. The number of benzene rings is 1. The summed E-state index contributed by atoms with van der Waals surface area (Å²) in [5, 5.41) is 19.0. The van der Waals surface area contributed by atoms with Gasteiger partial charge in [-0.2, -0.15) is 0 Å². The third kappa shape index (κ3) is 5.96. The summed E-state index contributed by atoms with van der Waals surface area (Å²) in [4.78, 5) is 10.2. The van der Waals surface area contributed by atoms with E-state index >= 15 is 0 Å². The van der Waals surface area contributed by atoms with Crippen molar-refractivity contribution in [1.82, 2.24) is 0 Å². The fourth-order valence-electron chi connectivity index (χ4n) is 0.643. The summed E-state index contributed by atoms with van der Waals surface area (Å²) in [5.41, 5.74) is -0.178. The molecule has 60 valence electrons. The minimum absolute atomic E-state index is 0. The Morgan fingerprint density at radius 3 is 2.00 bits per heavy atom. The van der Waals surface area contributed by atoms with Crippen molar-refractivity contribution in [3.8, 4) is 5.75 Å². The van der Waals surface area contributed by atoms with E-state index in [1.807, 2.05) is 0 Å². The van der Waals surface area contributed by atoms with Gasteiger partial charge < -0.3 is 22.6 Å². The molecule has 1 aromatic rings. The van der Waals surface area contributed by atoms with Gasteiger partial charge in [0.1, 0.15) is 0 Å². The first-order valence-electron chi connectivity index (χ1n) is 2.71. The van der Waals surface area contributed by atoms with Crippen molar-refractivity contribution >= 4 is 5.97 Å². The standard InChI is InChI=1S/C7H6O3.ClH.2Na/c8-6-4-2-1-3-5(6)7(9)10;;;/h1-4,8H,(H,9,10);1H;;/q;;2*+1/p-2. The van der Waals surface area contributed by atoms with Crippen LogP contribution in [0.25, 0.3) is 0 Å². The zero-order chi connectivity index (χ0) is 7.56. The van der Waals surface area contributed by atoms with Crippen molar-refractivity contribution in [2.75, 3.05) is 0 Å². The topological polar surface area (TPSA) is 60.4 Å². The van der Waals surface area contributed by atoms with Gasteiger partial charge in [-0.25, -0.2) is 4.79 Å². The second-order valence-corrected chi connectivity index (χ2v) is 1.80. The quantitative estimate of drug-likeness (QED) is 0.477. The molecule has 0 atom stereocenters. The van der Waals surface area contributed by atoms with E-state index in [2.05, 4.69) is 0 Å². The van der Waals surface area contributed by atoms with Crippen LogP contribution in [0.1, 0.15) is 10.4 Å². The number of halogens is 1. The molecule has 13 heavy (non-hydrogen) atoms. The Hall–Kier alpha value is 0.780. The number of para-hydroxylation sites is 1. The van der Waals surface area contributed by atoms with Crippen molar-refractivity contribution in [2.24, 2.45) is 0 Å². The Labute approximate surface area is 127 Å². The summed E-state index contributed by atoms with van der Waals surface area (Å²) in [6.45, 7) is 0. The summed E-state index contributed by atoms with van der Waals surface area (Å²) in [7, 11) is 0. The van der Waals surface area contributed by atoms with Gasteiger partial charge in [0.25, 0.3) is 0 Å². The van der Waals surface area contributed by atoms with E-state index in [-0.39, 0.29) is 77.1 Å². The van der Waals surface area contributed by atoms with Crippen LogP contribution in [-0.2, 0) is 0 Å². The number of hydrogen-bond donors (Lipinski definition) is 1. The van der Waals surface area contributed by atoms with E-state index in [1.54, 1.807) is 0 Å². The summed E-state index contributed by atoms with van der Waals surface area (Å²) < 4.78 is 0. The van der Waals surface area contributed by atoms with Crippen LogP contribution < -0.4 is 76.6 Å². The number of carboxylic acid groups (broad SMARTS) is 1. The molecule has 0 aliphatic heterocycles. The van der Waals surface area contributed by atoms with Crippen LogP contribution in [0.15, 0.2) is 24.3 Å². The van der Waals surface area contributed by atoms with Crippen molar-refractivity contribution in [2.45, 2.75) is 0 Å². The van der Waals surface area contributed by atoms with Gasteiger partial charge in [0, 0.05) is 0 Å². The predicted molar refractivity (Wildman–Crippen MR) is 32.8 cm³/mol. The summed E-state index contributed by atoms with van der Waals surface area (Å²) in [6.07, 6.45) is 0. The third-order valence-electron chi connectivity index (χ3n) is 1.12. The molecule has 3 nitrogen and oxygen atoms in total. The van der Waals surface area contributed by atoms with Crippen LogP contribution in [0.2, 0.25) is 0 Å². The second kappa shape index (κ2) is 9.34. The molecule has 1 N–H and O–H groups in total. The van der Waals surface area contributed by atoms with E-state index in [9.17, 15) is 9.90 Å². The van der Waals surface area contributed by atoms with E-state index in [4.69, 9.17) is 5.11 Å². The average molecular weight is 219 g/mol. The number of aromatic carboxylic acids is 1. The summed E-state index contributed by atoms with van der Waals surface area (Å²) >= 11 is 0. The molecule has 0 amide bonds. The Morgan fingerprint density at radius 2 is 1.69 bits per heavy atom. The maximum Gasteiger partial charge on any atom is 1.00 e. The zero-order valence-electron chi connectivity index (χ0n) is 7.45. The van der Waals surface area contributed by atoms with Crippen molar-refractivity contribution in [3.05, 3.63) is 29.8 Å². The normalized spacial score (nSPS) is 7.08. The largest absolute Gasteiger partial charge is 1.00 e. The van der Waals surface area contributed by atoms with Crippen molar-refractivity contribution in [3.63, 3.8) is 0 Å². The molecule has 0 aromatic heterocycles. The molecule has 0 heterocycles. The Kier molecular flexibility index (Phi) is 13.9. The van der Waals surface area contributed by atoms with Crippen LogP contribution >= 0.6 is 0 Å². The van der Waals surface area contributed by atoms with Crippen LogP contribution in [0, 0.1) is 0 Å². The molecular weight excluding hydrogens is 214 g/mol. The van der Waals surface area contributed by atoms with Gasteiger partial charge >= 0.3 is 65.1 Å². The molecule has 0 radical (unpaired) electrons. The molecule has 0 aliphatic carbocycles. The van der Waals surface area contributed by atoms with Gasteiger partial charge in [-0.15, -0.1) is 0 Å². The molecule has 0 unspecified atom stereocenters.